The number of nitrogens with one attached hydrogen (secondary N) is 2. The number of benzene rings is 3. The molecule has 40 heavy (non-hydrogen) atoms. The van der Waals surface area contributed by atoms with Crippen LogP contribution in [0.3, 0.4) is 0 Å². The minimum Gasteiger partial charge on any atom is -0.369 e. The lowest BCUT2D eigenvalue weighted by Crippen LogP contribution is -2.49. The van der Waals surface area contributed by atoms with Crippen LogP contribution in [-0.2, 0) is 17.8 Å². The average molecular weight is 544 g/mol. The van der Waals surface area contributed by atoms with Crippen molar-refractivity contribution < 1.29 is 14.0 Å². The van der Waals surface area contributed by atoms with E-state index in [9.17, 15) is 14.0 Å². The highest BCUT2D eigenvalue weighted by molar-refractivity contribution is 5.98. The van der Waals surface area contributed by atoms with Crippen LogP contribution in [0.5, 0.6) is 0 Å². The molecule has 2 unspecified atom stereocenters. The number of rotatable bonds is 8. The first kappa shape index (κ1) is 27.8. The van der Waals surface area contributed by atoms with Crippen molar-refractivity contribution in [2.45, 2.75) is 50.7 Å². The van der Waals surface area contributed by atoms with Gasteiger partial charge in [0, 0.05) is 61.7 Å². The molecule has 1 heterocycles. The van der Waals surface area contributed by atoms with Crippen molar-refractivity contribution in [2.75, 3.05) is 36.4 Å². The largest absolute Gasteiger partial charge is 0.369 e. The maximum Gasteiger partial charge on any atom is 0.251 e. The molecule has 0 bridgehead atoms. The van der Waals surface area contributed by atoms with Crippen molar-refractivity contribution in [3.05, 3.63) is 95.3 Å². The van der Waals surface area contributed by atoms with Crippen LogP contribution in [0.15, 0.2) is 72.8 Å². The Morgan fingerprint density at radius 1 is 0.900 bits per heavy atom. The van der Waals surface area contributed by atoms with Crippen LogP contribution in [0.25, 0.3) is 0 Å². The first-order valence-corrected chi connectivity index (χ1v) is 14.2. The van der Waals surface area contributed by atoms with E-state index in [0.29, 0.717) is 17.8 Å². The minimum absolute atomic E-state index is 0.0319. The zero-order valence-corrected chi connectivity index (χ0v) is 22.8. The fourth-order valence-electron chi connectivity index (χ4n) is 5.60. The average Bonchev–Trinajstić information content (AvgIpc) is 2.96. The number of nitrogens with zero attached hydrogens (tertiary/aromatic N) is 2. The lowest BCUT2D eigenvalue weighted by atomic mass is 9.91. The van der Waals surface area contributed by atoms with Crippen LogP contribution < -0.4 is 21.3 Å². The number of hydrogen-bond donors (Lipinski definition) is 3. The van der Waals surface area contributed by atoms with E-state index in [2.05, 4.69) is 20.4 Å². The molecule has 0 radical (unpaired) electrons. The Labute approximate surface area is 235 Å². The van der Waals surface area contributed by atoms with E-state index in [-0.39, 0.29) is 36.1 Å². The number of anilines is 2. The molecule has 1 saturated heterocycles. The quantitative estimate of drug-likeness (QED) is 0.394. The van der Waals surface area contributed by atoms with Gasteiger partial charge in [0.05, 0.1) is 6.42 Å². The molecule has 0 spiro atoms. The number of piperazine rings is 1. The smallest absolute Gasteiger partial charge is 0.251 e. The van der Waals surface area contributed by atoms with Crippen LogP contribution >= 0.6 is 0 Å². The van der Waals surface area contributed by atoms with E-state index >= 15 is 0 Å². The van der Waals surface area contributed by atoms with Crippen LogP contribution in [0.2, 0.25) is 0 Å². The highest BCUT2D eigenvalue weighted by Gasteiger charge is 2.25. The Morgan fingerprint density at radius 3 is 2.35 bits per heavy atom. The minimum atomic E-state index is -0.233. The second-order valence-electron chi connectivity index (χ2n) is 10.9. The predicted molar refractivity (Wildman–Crippen MR) is 157 cm³/mol. The van der Waals surface area contributed by atoms with E-state index in [1.54, 1.807) is 6.07 Å². The van der Waals surface area contributed by atoms with Crippen molar-refractivity contribution in [2.24, 2.45) is 5.73 Å². The van der Waals surface area contributed by atoms with Crippen molar-refractivity contribution in [3.63, 3.8) is 0 Å². The third-order valence-corrected chi connectivity index (χ3v) is 7.95. The van der Waals surface area contributed by atoms with Crippen LogP contribution in [0, 0.1) is 5.82 Å². The third-order valence-electron chi connectivity index (χ3n) is 7.95. The molecule has 8 heteroatoms. The summed E-state index contributed by atoms with van der Waals surface area (Å²) in [6.07, 6.45) is 4.21. The van der Waals surface area contributed by atoms with Gasteiger partial charge in [0.2, 0.25) is 5.91 Å². The zero-order valence-electron chi connectivity index (χ0n) is 22.8. The molecule has 2 amide bonds. The molecule has 2 atom stereocenters. The molecule has 2 fully saturated rings. The molecular formula is C32H38FN5O2. The number of carbonyl (C=O) groups excluding carboxylic acids is 2. The topological polar surface area (TPSA) is 90.7 Å². The molecule has 4 N–H and O–H groups in total. The van der Waals surface area contributed by atoms with E-state index in [0.717, 1.165) is 68.7 Å². The van der Waals surface area contributed by atoms with Crippen LogP contribution in [-0.4, -0.2) is 55.0 Å². The standard InChI is InChI=1S/C32H38FN5O2/c33-26-12-14-27(15-13-26)38-18-16-37(17-19-38)22-25-11-10-24(32(40)36-29-9-5-4-8-28(29)34)21-30(25)35-31(39)20-23-6-2-1-3-7-23/h1-3,6-7,10-15,21,28-29H,4-5,8-9,16-20,22,34H2,(H,35,39)(H,36,40). The van der Waals surface area contributed by atoms with Gasteiger partial charge < -0.3 is 21.3 Å². The van der Waals surface area contributed by atoms with Gasteiger partial charge in [-0.25, -0.2) is 4.39 Å². The van der Waals surface area contributed by atoms with Gasteiger partial charge in [0.1, 0.15) is 5.82 Å². The molecule has 0 aromatic heterocycles. The molecule has 1 aliphatic heterocycles. The van der Waals surface area contributed by atoms with E-state index in [1.807, 2.05) is 54.6 Å². The number of carbonyl (C=O) groups is 2. The second kappa shape index (κ2) is 13.1. The Morgan fingerprint density at radius 2 is 1.62 bits per heavy atom. The highest BCUT2D eigenvalue weighted by Crippen LogP contribution is 2.24. The number of amides is 2. The molecule has 3 aromatic carbocycles. The van der Waals surface area contributed by atoms with Gasteiger partial charge in [0.25, 0.3) is 5.91 Å². The number of nitrogens with two attached hydrogens (primary N) is 1. The van der Waals surface area contributed by atoms with Gasteiger partial charge in [-0.1, -0.05) is 49.2 Å². The SMILES string of the molecule is NC1CCCCC1NC(=O)c1ccc(CN2CCN(c3ccc(F)cc3)CC2)c(NC(=O)Cc2ccccc2)c1. The summed E-state index contributed by atoms with van der Waals surface area (Å²) in [5.41, 5.74) is 10.3. The Balaban J connectivity index is 1.28. The van der Waals surface area contributed by atoms with Crippen LogP contribution in [0.1, 0.15) is 47.2 Å². The summed E-state index contributed by atoms with van der Waals surface area (Å²) >= 11 is 0. The molecule has 210 valence electrons. The fraction of sp³-hybridized carbons (Fsp3) is 0.375. The monoisotopic (exact) mass is 543 g/mol. The van der Waals surface area contributed by atoms with Gasteiger partial charge in [-0.2, -0.15) is 0 Å². The summed E-state index contributed by atoms with van der Waals surface area (Å²) in [7, 11) is 0. The summed E-state index contributed by atoms with van der Waals surface area (Å²) < 4.78 is 13.3. The Hall–Kier alpha value is -3.75. The normalized spacial score (nSPS) is 19.7. The van der Waals surface area contributed by atoms with Gasteiger partial charge in [0.15, 0.2) is 0 Å². The van der Waals surface area contributed by atoms with Gasteiger partial charge in [-0.15, -0.1) is 0 Å². The first-order valence-electron chi connectivity index (χ1n) is 14.2. The molecule has 5 rings (SSSR count). The summed E-state index contributed by atoms with van der Waals surface area (Å²) in [5, 5.41) is 6.19. The lowest BCUT2D eigenvalue weighted by molar-refractivity contribution is -0.115. The highest BCUT2D eigenvalue weighted by atomic mass is 19.1. The lowest BCUT2D eigenvalue weighted by Gasteiger charge is -2.36. The Kier molecular flexibility index (Phi) is 9.08. The molecule has 2 aliphatic rings. The van der Waals surface area contributed by atoms with E-state index < -0.39 is 0 Å². The predicted octanol–water partition coefficient (Wildman–Crippen LogP) is 4.33. The maximum absolute atomic E-state index is 13.3. The van der Waals surface area contributed by atoms with E-state index in [4.69, 9.17) is 5.73 Å². The summed E-state index contributed by atoms with van der Waals surface area (Å²) in [5.74, 6) is -0.524. The van der Waals surface area contributed by atoms with Crippen molar-refractivity contribution in [1.29, 1.82) is 0 Å². The van der Waals surface area contributed by atoms with Crippen molar-refractivity contribution in [3.8, 4) is 0 Å². The first-order chi connectivity index (χ1) is 19.4. The van der Waals surface area contributed by atoms with Crippen molar-refractivity contribution in [1.82, 2.24) is 10.2 Å². The molecule has 1 aliphatic carbocycles. The van der Waals surface area contributed by atoms with Crippen LogP contribution in [0.4, 0.5) is 15.8 Å². The molecular weight excluding hydrogens is 505 g/mol. The van der Waals surface area contributed by atoms with Gasteiger partial charge in [-0.05, 0) is 60.4 Å². The summed E-state index contributed by atoms with van der Waals surface area (Å²) in [6.45, 7) is 3.95. The maximum atomic E-state index is 13.3. The number of hydrogen-bond acceptors (Lipinski definition) is 5. The molecule has 3 aromatic rings. The fourth-order valence-corrected chi connectivity index (χ4v) is 5.60. The van der Waals surface area contributed by atoms with Gasteiger partial charge >= 0.3 is 0 Å². The van der Waals surface area contributed by atoms with Crippen molar-refractivity contribution >= 4 is 23.2 Å². The second-order valence-corrected chi connectivity index (χ2v) is 10.9. The van der Waals surface area contributed by atoms with Gasteiger partial charge in [-0.3, -0.25) is 14.5 Å². The molecule has 7 nitrogen and oxygen atoms in total. The summed E-state index contributed by atoms with van der Waals surface area (Å²) in [6, 6.07) is 21.7. The summed E-state index contributed by atoms with van der Waals surface area (Å²) in [4.78, 5) is 30.8. The molecule has 1 saturated carbocycles. The van der Waals surface area contributed by atoms with E-state index in [1.165, 1.54) is 12.1 Å². The Bertz CT molecular complexity index is 1290. The third kappa shape index (κ3) is 7.25. The zero-order chi connectivity index (χ0) is 27.9. The number of halogens is 1.